The van der Waals surface area contributed by atoms with Gasteiger partial charge in [-0.1, -0.05) is 25.1 Å². The Morgan fingerprint density at radius 1 is 1.38 bits per heavy atom. The number of nitrogens with one attached hydrogen (secondary N) is 1. The first-order valence-electron chi connectivity index (χ1n) is 11.9. The fourth-order valence-corrected chi connectivity index (χ4v) is 5.89. The molecule has 1 saturated heterocycles. The molecule has 4 rings (SSSR count). The molecule has 39 heavy (non-hydrogen) atoms. The molecule has 6 N–H and O–H groups in total. The lowest BCUT2D eigenvalue weighted by Crippen LogP contribution is -2.39. The molecule has 0 aliphatic carbocycles. The van der Waals surface area contributed by atoms with E-state index in [0.29, 0.717) is 6.42 Å². The molecule has 0 radical (unpaired) electrons. The highest BCUT2D eigenvalue weighted by molar-refractivity contribution is 9.10. The van der Waals surface area contributed by atoms with Gasteiger partial charge in [0, 0.05) is 0 Å². The summed E-state index contributed by atoms with van der Waals surface area (Å²) in [6, 6.07) is 7.00. The quantitative estimate of drug-likeness (QED) is 0.137. The van der Waals surface area contributed by atoms with Crippen LogP contribution in [0.4, 0.5) is 16.2 Å². The lowest BCUT2D eigenvalue weighted by atomic mass is 10.1. The smallest absolute Gasteiger partial charge is 0.459 e. The second kappa shape index (κ2) is 11.7. The third kappa shape index (κ3) is 6.31. The highest BCUT2D eigenvalue weighted by atomic mass is 79.9. The van der Waals surface area contributed by atoms with Gasteiger partial charge in [0.2, 0.25) is 10.5 Å². The monoisotopic (exact) mass is 631 g/mol. The molecule has 0 saturated carbocycles. The number of rotatable bonds is 11. The van der Waals surface area contributed by atoms with E-state index in [0.717, 1.165) is 4.52 Å². The number of hydrogen-bond acceptors (Lipinski definition) is 12. The summed E-state index contributed by atoms with van der Waals surface area (Å²) in [6.45, 7) is 2.83. The van der Waals surface area contributed by atoms with Crippen LogP contribution in [-0.2, 0) is 23.4 Å². The summed E-state index contributed by atoms with van der Waals surface area (Å²) < 4.78 is 50.1. The summed E-state index contributed by atoms with van der Waals surface area (Å²) in [6.07, 6.45) is -2.76. The van der Waals surface area contributed by atoms with E-state index in [2.05, 4.69) is 36.1 Å². The van der Waals surface area contributed by atoms with Gasteiger partial charge >= 0.3 is 13.7 Å². The molecule has 1 aliphatic heterocycles. The van der Waals surface area contributed by atoms with Crippen molar-refractivity contribution in [3.05, 3.63) is 42.2 Å². The van der Waals surface area contributed by atoms with E-state index in [4.69, 9.17) is 30.0 Å². The number of aliphatic hydroxyl groups is 1. The van der Waals surface area contributed by atoms with Gasteiger partial charge in [-0.25, -0.2) is 18.5 Å². The Hall–Kier alpha value is -2.88. The molecule has 14 nitrogen and oxygen atoms in total. The average molecular weight is 632 g/mol. The van der Waals surface area contributed by atoms with E-state index in [1.807, 2.05) is 6.92 Å². The molecule has 1 fully saturated rings. The van der Waals surface area contributed by atoms with Crippen LogP contribution in [0, 0.1) is 0 Å². The van der Waals surface area contributed by atoms with Crippen molar-refractivity contribution in [3.63, 3.8) is 0 Å². The van der Waals surface area contributed by atoms with Gasteiger partial charge in [-0.05, 0) is 41.4 Å². The number of alkyl halides is 2. The third-order valence-corrected chi connectivity index (χ3v) is 8.17. The number of fused-ring (bicyclic) bond motifs is 1. The van der Waals surface area contributed by atoms with Crippen LogP contribution in [0.2, 0.25) is 0 Å². The maximum Gasteiger partial charge on any atom is 0.459 e. The standard InChI is InChI=1S/C22H28BrFN7O7P/c1-3-9-35-20(33)12(2)30-39(34,38-13-7-5-4-6-8-13)36-11-15-16(32)22(23,24)17(37-15)14-10-27-19-18(25)28-21(26)29-31(14)19/h4-8,10,12,15-17,32H,3,9,11H2,1-2H3,(H,30,34)(H4,25,26,28,29)/t12-,15+,16?,17-,22+,39?/m0/s1. The summed E-state index contributed by atoms with van der Waals surface area (Å²) in [5.74, 6) is -0.726. The third-order valence-electron chi connectivity index (χ3n) is 5.64. The van der Waals surface area contributed by atoms with Gasteiger partial charge in [0.15, 0.2) is 11.5 Å². The first kappa shape index (κ1) is 29.1. The number of nitrogens with zero attached hydrogens (tertiary/aromatic N) is 4. The number of para-hydroxylation sites is 1. The van der Waals surface area contributed by atoms with E-state index in [1.54, 1.807) is 18.2 Å². The summed E-state index contributed by atoms with van der Waals surface area (Å²) in [7, 11) is -4.29. The van der Waals surface area contributed by atoms with Crippen molar-refractivity contribution < 1.29 is 37.4 Å². The summed E-state index contributed by atoms with van der Waals surface area (Å²) in [5, 5.41) is 17.3. The summed E-state index contributed by atoms with van der Waals surface area (Å²) >= 11 is 2.90. The number of anilines is 2. The van der Waals surface area contributed by atoms with Crippen molar-refractivity contribution in [2.75, 3.05) is 24.7 Å². The van der Waals surface area contributed by atoms with Crippen LogP contribution < -0.4 is 21.1 Å². The minimum atomic E-state index is -4.29. The lowest BCUT2D eigenvalue weighted by Gasteiger charge is -2.24. The normalized spacial score (nSPS) is 25.3. The molecule has 0 spiro atoms. The zero-order chi connectivity index (χ0) is 28.4. The van der Waals surface area contributed by atoms with Crippen LogP contribution >= 0.6 is 23.7 Å². The van der Waals surface area contributed by atoms with Crippen molar-refractivity contribution in [2.45, 2.75) is 49.2 Å². The number of ether oxygens (including phenoxy) is 2. The van der Waals surface area contributed by atoms with Crippen LogP contribution in [0.1, 0.15) is 32.1 Å². The fraction of sp³-hybridized carbons (Fsp3) is 0.455. The van der Waals surface area contributed by atoms with Gasteiger partial charge in [-0.3, -0.25) is 9.32 Å². The van der Waals surface area contributed by atoms with Crippen molar-refractivity contribution >= 4 is 47.1 Å². The zero-order valence-corrected chi connectivity index (χ0v) is 23.4. The second-order valence-electron chi connectivity index (χ2n) is 8.66. The van der Waals surface area contributed by atoms with Gasteiger partial charge < -0.3 is 30.6 Å². The van der Waals surface area contributed by atoms with Crippen LogP contribution in [0.3, 0.4) is 0 Å². The van der Waals surface area contributed by atoms with Gasteiger partial charge in [0.25, 0.3) is 0 Å². The van der Waals surface area contributed by atoms with Gasteiger partial charge in [-0.2, -0.15) is 10.1 Å². The van der Waals surface area contributed by atoms with E-state index in [1.165, 1.54) is 25.3 Å². The van der Waals surface area contributed by atoms with Crippen molar-refractivity contribution in [2.24, 2.45) is 0 Å². The highest BCUT2D eigenvalue weighted by Gasteiger charge is 2.58. The number of halogens is 2. The number of hydrogen-bond donors (Lipinski definition) is 4. The maximum atomic E-state index is 15.8. The van der Waals surface area contributed by atoms with Gasteiger partial charge in [-0.15, -0.1) is 5.10 Å². The first-order valence-corrected chi connectivity index (χ1v) is 14.2. The summed E-state index contributed by atoms with van der Waals surface area (Å²) in [5.41, 5.74) is 11.7. The maximum absolute atomic E-state index is 15.8. The van der Waals surface area contributed by atoms with Crippen molar-refractivity contribution in [1.82, 2.24) is 24.7 Å². The molecule has 17 heteroatoms. The predicted molar refractivity (Wildman–Crippen MR) is 140 cm³/mol. The molecule has 2 unspecified atom stereocenters. The molecule has 6 atom stereocenters. The predicted octanol–water partition coefficient (Wildman–Crippen LogP) is 2.29. The molecule has 2 aromatic heterocycles. The topological polar surface area (TPSA) is 198 Å². The van der Waals surface area contributed by atoms with E-state index in [9.17, 15) is 14.5 Å². The Labute approximate surface area is 230 Å². The van der Waals surface area contributed by atoms with Gasteiger partial charge in [0.1, 0.15) is 30.1 Å². The molecule has 1 aromatic carbocycles. The summed E-state index contributed by atoms with van der Waals surface area (Å²) in [4.78, 5) is 20.2. The largest absolute Gasteiger partial charge is 0.465 e. The number of benzene rings is 1. The SMILES string of the molecule is CCCOC(=O)[C@H](C)NP(=O)(OC[C@H]1O[C@@H](c2cnc3c(N)nc(N)nn23)[C@@](F)(Br)C1O)Oc1ccccc1. The average Bonchev–Trinajstić information content (AvgIpc) is 3.39. The minimum Gasteiger partial charge on any atom is -0.465 e. The fourth-order valence-electron chi connectivity index (χ4n) is 3.76. The number of carbonyl (C=O) groups excluding carboxylic acids is 1. The molecule has 3 aromatic rings. The van der Waals surface area contributed by atoms with Crippen LogP contribution in [-0.4, -0.2) is 66.7 Å². The number of aromatic nitrogens is 4. The zero-order valence-electron chi connectivity index (χ0n) is 20.9. The van der Waals surface area contributed by atoms with Crippen LogP contribution in [0.15, 0.2) is 36.5 Å². The molecular formula is C22H28BrFN7O7P. The van der Waals surface area contributed by atoms with Crippen LogP contribution in [0.5, 0.6) is 5.75 Å². The van der Waals surface area contributed by atoms with Crippen LogP contribution in [0.25, 0.3) is 5.65 Å². The lowest BCUT2D eigenvalue weighted by molar-refractivity contribution is -0.145. The Morgan fingerprint density at radius 3 is 2.79 bits per heavy atom. The second-order valence-corrected chi connectivity index (χ2v) is 11.6. The Balaban J connectivity index is 1.54. The van der Waals surface area contributed by atoms with E-state index in [-0.39, 0.29) is 35.5 Å². The number of imidazole rings is 1. The minimum absolute atomic E-state index is 0.0390. The molecule has 212 valence electrons. The number of esters is 1. The number of aliphatic hydroxyl groups excluding tert-OH is 1. The number of nitrogen functional groups attached to an aromatic ring is 2. The molecule has 0 bridgehead atoms. The Kier molecular flexibility index (Phi) is 8.73. The Bertz CT molecular complexity index is 1370. The molecular weight excluding hydrogens is 604 g/mol. The Morgan fingerprint density at radius 2 is 2.10 bits per heavy atom. The van der Waals surface area contributed by atoms with Crippen molar-refractivity contribution in [3.8, 4) is 5.75 Å². The van der Waals surface area contributed by atoms with Crippen molar-refractivity contribution in [1.29, 1.82) is 0 Å². The molecule has 1 aliphatic rings. The number of carbonyl (C=O) groups is 1. The highest BCUT2D eigenvalue weighted by Crippen LogP contribution is 2.51. The first-order chi connectivity index (χ1) is 18.4. The van der Waals surface area contributed by atoms with E-state index >= 15 is 4.39 Å². The van der Waals surface area contributed by atoms with E-state index < -0.39 is 49.3 Å². The molecule has 3 heterocycles. The molecule has 0 amide bonds. The number of nitrogens with two attached hydrogens (primary N) is 2. The van der Waals surface area contributed by atoms with Gasteiger partial charge in [0.05, 0.1) is 25.1 Å².